The predicted molar refractivity (Wildman–Crippen MR) is 94.0 cm³/mol. The first-order valence-corrected chi connectivity index (χ1v) is 9.79. The number of ether oxygens (including phenoxy) is 1. The average molecular weight is 365 g/mol. The van der Waals surface area contributed by atoms with Crippen LogP contribution < -0.4 is 4.74 Å². The lowest BCUT2D eigenvalue weighted by molar-refractivity contribution is -0.144. The van der Waals surface area contributed by atoms with Gasteiger partial charge in [0, 0.05) is 0 Å². The minimum absolute atomic E-state index is 0.109. The monoisotopic (exact) mass is 365 g/mol. The van der Waals surface area contributed by atoms with E-state index in [0.717, 1.165) is 0 Å². The summed E-state index contributed by atoms with van der Waals surface area (Å²) in [4.78, 5) is 13.4. The highest BCUT2D eigenvalue weighted by Crippen LogP contribution is 2.32. The van der Waals surface area contributed by atoms with Gasteiger partial charge in [-0.1, -0.05) is 12.8 Å². The second-order valence-electron chi connectivity index (χ2n) is 5.84. The maximum Gasteiger partial charge on any atom is 0.309 e. The number of carboxylic acids is 1. The van der Waals surface area contributed by atoms with Gasteiger partial charge in [-0.15, -0.1) is 5.92 Å². The van der Waals surface area contributed by atoms with Crippen molar-refractivity contribution in [1.29, 1.82) is 0 Å². The van der Waals surface area contributed by atoms with E-state index in [9.17, 15) is 18.3 Å². The van der Waals surface area contributed by atoms with Crippen molar-refractivity contribution < 1.29 is 23.1 Å². The number of sulfone groups is 1. The van der Waals surface area contributed by atoms with Gasteiger partial charge < -0.3 is 9.84 Å². The predicted octanol–water partition coefficient (Wildman–Crippen LogP) is 2.00. The molecule has 1 aromatic rings. The molecule has 7 heteroatoms. The fraction of sp³-hybridized carbons (Fsp3) is 0.500. The number of likely N-dealkylation sites (tertiary alicyclic amines) is 1. The van der Waals surface area contributed by atoms with Gasteiger partial charge in [-0.2, -0.15) is 0 Å². The van der Waals surface area contributed by atoms with Crippen molar-refractivity contribution in [2.75, 3.05) is 19.7 Å². The highest BCUT2D eigenvalue weighted by atomic mass is 32.2. The first-order chi connectivity index (χ1) is 11.9. The second-order valence-corrected chi connectivity index (χ2v) is 7.88. The van der Waals surface area contributed by atoms with Gasteiger partial charge in [-0.05, 0) is 57.1 Å². The molecule has 0 aliphatic carbocycles. The molecule has 1 saturated heterocycles. The molecule has 1 heterocycles. The smallest absolute Gasteiger partial charge is 0.309 e. The fourth-order valence-electron chi connectivity index (χ4n) is 3.09. The van der Waals surface area contributed by atoms with Gasteiger partial charge in [-0.3, -0.25) is 9.69 Å². The summed E-state index contributed by atoms with van der Waals surface area (Å²) in [5, 5.41) is 8.43. The van der Waals surface area contributed by atoms with E-state index in [-0.39, 0.29) is 11.5 Å². The molecule has 1 aliphatic rings. The van der Waals surface area contributed by atoms with Crippen LogP contribution in [0.5, 0.6) is 5.75 Å². The van der Waals surface area contributed by atoms with Crippen LogP contribution in [0.25, 0.3) is 0 Å². The number of hydrogen-bond donors (Lipinski definition) is 1. The maximum absolute atomic E-state index is 13.1. The summed E-state index contributed by atoms with van der Waals surface area (Å²) in [5.41, 5.74) is 0. The Morgan fingerprint density at radius 2 is 2.04 bits per heavy atom. The topological polar surface area (TPSA) is 83.9 Å². The molecule has 0 radical (unpaired) electrons. The van der Waals surface area contributed by atoms with Crippen molar-refractivity contribution in [3.05, 3.63) is 24.3 Å². The summed E-state index contributed by atoms with van der Waals surface area (Å²) in [6.45, 7) is 4.86. The summed E-state index contributed by atoms with van der Waals surface area (Å²) >= 11 is 0. The first-order valence-electron chi connectivity index (χ1n) is 8.25. The van der Waals surface area contributed by atoms with Crippen LogP contribution in [0.3, 0.4) is 0 Å². The van der Waals surface area contributed by atoms with Crippen LogP contribution in [-0.2, 0) is 14.6 Å². The SMILES string of the molecule is CC#CCOc1ccc(S(=O)(=O)C2C(C(=O)O)CCCN2CC)cc1. The summed E-state index contributed by atoms with van der Waals surface area (Å²) in [6, 6.07) is 6.06. The molecule has 2 atom stereocenters. The van der Waals surface area contributed by atoms with E-state index in [1.54, 1.807) is 24.0 Å². The third-order valence-electron chi connectivity index (χ3n) is 4.35. The van der Waals surface area contributed by atoms with Gasteiger partial charge in [0.05, 0.1) is 10.8 Å². The van der Waals surface area contributed by atoms with Gasteiger partial charge in [0.25, 0.3) is 0 Å². The Hall–Kier alpha value is -2.04. The Bertz CT molecular complexity index is 761. The van der Waals surface area contributed by atoms with Crippen molar-refractivity contribution in [2.24, 2.45) is 5.92 Å². The zero-order valence-corrected chi connectivity index (χ0v) is 15.3. The number of hydrogen-bond acceptors (Lipinski definition) is 5. The Labute approximate surface area is 148 Å². The van der Waals surface area contributed by atoms with Crippen LogP contribution in [0.15, 0.2) is 29.2 Å². The molecule has 2 unspecified atom stereocenters. The zero-order chi connectivity index (χ0) is 18.4. The van der Waals surface area contributed by atoms with Gasteiger partial charge in [0.2, 0.25) is 0 Å². The van der Waals surface area contributed by atoms with Crippen LogP contribution in [-0.4, -0.2) is 49.5 Å². The minimum Gasteiger partial charge on any atom is -0.481 e. The van der Waals surface area contributed by atoms with E-state index >= 15 is 0 Å². The van der Waals surface area contributed by atoms with E-state index in [1.807, 2.05) is 6.92 Å². The number of rotatable bonds is 6. The van der Waals surface area contributed by atoms with Gasteiger partial charge >= 0.3 is 5.97 Å². The maximum atomic E-state index is 13.1. The van der Waals surface area contributed by atoms with E-state index in [1.165, 1.54) is 12.1 Å². The van der Waals surface area contributed by atoms with Gasteiger partial charge in [-0.25, -0.2) is 8.42 Å². The molecule has 136 valence electrons. The lowest BCUT2D eigenvalue weighted by Crippen LogP contribution is -2.52. The molecule has 0 amide bonds. The number of benzene rings is 1. The highest BCUT2D eigenvalue weighted by Gasteiger charge is 2.44. The van der Waals surface area contributed by atoms with E-state index < -0.39 is 27.1 Å². The van der Waals surface area contributed by atoms with Crippen LogP contribution in [0.1, 0.15) is 26.7 Å². The second kappa shape index (κ2) is 8.37. The number of carbonyl (C=O) groups is 1. The lowest BCUT2D eigenvalue weighted by Gasteiger charge is -2.38. The van der Waals surface area contributed by atoms with E-state index in [2.05, 4.69) is 11.8 Å². The first kappa shape index (κ1) is 19.3. The third kappa shape index (κ3) is 4.33. The molecule has 0 saturated carbocycles. The molecule has 0 aromatic heterocycles. The molecule has 1 aromatic carbocycles. The average Bonchev–Trinajstić information content (AvgIpc) is 2.61. The molecule has 0 spiro atoms. The van der Waals surface area contributed by atoms with Crippen molar-refractivity contribution in [3.8, 4) is 17.6 Å². The van der Waals surface area contributed by atoms with Crippen LogP contribution >= 0.6 is 0 Å². The summed E-state index contributed by atoms with van der Waals surface area (Å²) in [6.07, 6.45) is 1.05. The molecule has 25 heavy (non-hydrogen) atoms. The highest BCUT2D eigenvalue weighted by molar-refractivity contribution is 7.92. The summed E-state index contributed by atoms with van der Waals surface area (Å²) < 4.78 is 31.5. The van der Waals surface area contributed by atoms with Crippen LogP contribution in [0, 0.1) is 17.8 Å². The number of piperidine rings is 1. The van der Waals surface area contributed by atoms with Gasteiger partial charge in [0.1, 0.15) is 17.7 Å². The molecule has 1 fully saturated rings. The lowest BCUT2D eigenvalue weighted by atomic mass is 9.98. The fourth-order valence-corrected chi connectivity index (χ4v) is 5.22. The van der Waals surface area contributed by atoms with Crippen LogP contribution in [0.2, 0.25) is 0 Å². The Morgan fingerprint density at radius 3 is 2.60 bits per heavy atom. The normalized spacial score (nSPS) is 21.2. The Balaban J connectivity index is 2.30. The van der Waals surface area contributed by atoms with Crippen molar-refractivity contribution in [3.63, 3.8) is 0 Å². The molecular weight excluding hydrogens is 342 g/mol. The molecule has 1 aliphatic heterocycles. The van der Waals surface area contributed by atoms with Crippen molar-refractivity contribution in [2.45, 2.75) is 37.0 Å². The minimum atomic E-state index is -3.80. The largest absolute Gasteiger partial charge is 0.481 e. The molecule has 0 bridgehead atoms. The number of nitrogens with zero attached hydrogens (tertiary/aromatic N) is 1. The van der Waals surface area contributed by atoms with E-state index in [0.29, 0.717) is 31.7 Å². The zero-order valence-electron chi connectivity index (χ0n) is 14.4. The number of aliphatic carboxylic acids is 1. The number of carboxylic acid groups (broad SMARTS) is 1. The van der Waals surface area contributed by atoms with Crippen LogP contribution in [0.4, 0.5) is 0 Å². The van der Waals surface area contributed by atoms with Crippen molar-refractivity contribution >= 4 is 15.8 Å². The molecule has 2 rings (SSSR count). The van der Waals surface area contributed by atoms with Crippen molar-refractivity contribution in [1.82, 2.24) is 4.90 Å². The quantitative estimate of drug-likeness (QED) is 0.777. The third-order valence-corrected chi connectivity index (χ3v) is 6.54. The molecule has 6 nitrogen and oxygen atoms in total. The summed E-state index contributed by atoms with van der Waals surface area (Å²) in [5.74, 6) is 4.01. The molecule has 1 N–H and O–H groups in total. The Kier molecular flexibility index (Phi) is 6.45. The standard InChI is InChI=1S/C18H23NO5S/c1-3-5-13-24-14-8-10-15(11-9-14)25(22,23)17-16(18(20)21)7-6-12-19(17)4-2/h8-11,16-17H,4,6-7,12-13H2,1-2H3,(H,20,21). The summed E-state index contributed by atoms with van der Waals surface area (Å²) in [7, 11) is -3.80. The Morgan fingerprint density at radius 1 is 1.36 bits per heavy atom. The van der Waals surface area contributed by atoms with E-state index in [4.69, 9.17) is 4.74 Å². The van der Waals surface area contributed by atoms with Gasteiger partial charge in [0.15, 0.2) is 9.84 Å². The molecular formula is C18H23NO5S.